The second-order valence-corrected chi connectivity index (χ2v) is 7.87. The second-order valence-electron chi connectivity index (χ2n) is 6.86. The summed E-state index contributed by atoms with van der Waals surface area (Å²) in [5.74, 6) is 0.826. The molecule has 0 atom stereocenters. The Morgan fingerprint density at radius 2 is 2.18 bits per heavy atom. The van der Waals surface area contributed by atoms with Gasteiger partial charge < -0.3 is 20.1 Å². The molecule has 0 spiro atoms. The number of piperidine rings is 1. The van der Waals surface area contributed by atoms with Gasteiger partial charge in [-0.25, -0.2) is 0 Å². The molecule has 0 bridgehead atoms. The Hall–Kier alpha value is -2.74. The van der Waals surface area contributed by atoms with Gasteiger partial charge in [0.2, 0.25) is 5.91 Å². The standard InChI is InChI=1S/C20H21N3O4S/c1-26-15-4-2-3-14-9-12(11-27-17(14)15)10-16-19(25)22-20(28-16)23-7-5-13(6-8-23)18(21)24/h2-4,9-10,13H,5-8,11H2,1H3,(H2,21,24). The van der Waals surface area contributed by atoms with E-state index in [0.29, 0.717) is 54.1 Å². The Kier molecular flexibility index (Phi) is 5.13. The van der Waals surface area contributed by atoms with Crippen LogP contribution in [-0.4, -0.2) is 48.7 Å². The SMILES string of the molecule is COc1cccc2c1OCC(C=C1SC(N3CCC(C(N)=O)CC3)=NC1=O)=C2. The number of amides is 2. The lowest BCUT2D eigenvalue weighted by Gasteiger charge is -2.31. The number of benzene rings is 1. The van der Waals surface area contributed by atoms with E-state index in [0.717, 1.165) is 11.1 Å². The van der Waals surface area contributed by atoms with Gasteiger partial charge >= 0.3 is 0 Å². The van der Waals surface area contributed by atoms with Gasteiger partial charge in [0.1, 0.15) is 6.61 Å². The third kappa shape index (κ3) is 3.64. The van der Waals surface area contributed by atoms with Crippen LogP contribution in [0.4, 0.5) is 0 Å². The number of carbonyl (C=O) groups excluding carboxylic acids is 2. The molecule has 3 aliphatic heterocycles. The van der Waals surface area contributed by atoms with Crippen molar-refractivity contribution in [2.75, 3.05) is 26.8 Å². The molecule has 0 aliphatic carbocycles. The smallest absolute Gasteiger partial charge is 0.286 e. The van der Waals surface area contributed by atoms with Crippen LogP contribution in [0, 0.1) is 5.92 Å². The summed E-state index contributed by atoms with van der Waals surface area (Å²) in [6.45, 7) is 1.72. The number of thioether (sulfide) groups is 1. The number of likely N-dealkylation sites (tertiary alicyclic amines) is 1. The summed E-state index contributed by atoms with van der Waals surface area (Å²) in [6.07, 6.45) is 5.22. The van der Waals surface area contributed by atoms with E-state index in [9.17, 15) is 9.59 Å². The number of methoxy groups -OCH3 is 1. The van der Waals surface area contributed by atoms with Crippen LogP contribution in [0.3, 0.4) is 0 Å². The number of hydrogen-bond donors (Lipinski definition) is 1. The predicted molar refractivity (Wildman–Crippen MR) is 108 cm³/mol. The van der Waals surface area contributed by atoms with Crippen LogP contribution in [0.5, 0.6) is 11.5 Å². The molecule has 0 saturated carbocycles. The minimum absolute atomic E-state index is 0.0874. The van der Waals surface area contributed by atoms with E-state index in [2.05, 4.69) is 9.89 Å². The largest absolute Gasteiger partial charge is 0.493 e. The molecule has 1 saturated heterocycles. The van der Waals surface area contributed by atoms with Crippen molar-refractivity contribution in [1.29, 1.82) is 0 Å². The number of carbonyl (C=O) groups is 2. The number of amidine groups is 1. The zero-order valence-corrected chi connectivity index (χ0v) is 16.3. The first-order chi connectivity index (χ1) is 13.5. The topological polar surface area (TPSA) is 94.2 Å². The number of ether oxygens (including phenoxy) is 2. The number of primary amides is 1. The van der Waals surface area contributed by atoms with Crippen LogP contribution in [0.2, 0.25) is 0 Å². The van der Waals surface area contributed by atoms with E-state index < -0.39 is 0 Å². The fourth-order valence-electron chi connectivity index (χ4n) is 3.50. The average molecular weight is 399 g/mol. The average Bonchev–Trinajstić information content (AvgIpc) is 3.07. The molecule has 1 fully saturated rings. The molecule has 0 radical (unpaired) electrons. The minimum atomic E-state index is -0.251. The molecule has 1 aromatic carbocycles. The Morgan fingerprint density at radius 3 is 2.89 bits per heavy atom. The summed E-state index contributed by atoms with van der Waals surface area (Å²) in [5, 5.41) is 0.693. The van der Waals surface area contributed by atoms with Crippen molar-refractivity contribution in [3.05, 3.63) is 40.3 Å². The molecular weight excluding hydrogens is 378 g/mol. The third-order valence-corrected chi connectivity index (χ3v) is 6.09. The number of aliphatic imine (C=N–C) groups is 1. The first-order valence-corrected chi connectivity index (χ1v) is 9.94. The van der Waals surface area contributed by atoms with E-state index in [4.69, 9.17) is 15.2 Å². The Morgan fingerprint density at radius 1 is 1.39 bits per heavy atom. The predicted octanol–water partition coefficient (Wildman–Crippen LogP) is 2.18. The maximum atomic E-state index is 12.4. The van der Waals surface area contributed by atoms with Crippen LogP contribution in [0.25, 0.3) is 6.08 Å². The van der Waals surface area contributed by atoms with Gasteiger partial charge in [0.25, 0.3) is 5.91 Å². The van der Waals surface area contributed by atoms with Gasteiger partial charge in [0, 0.05) is 24.6 Å². The Bertz CT molecular complexity index is 914. The van der Waals surface area contributed by atoms with Gasteiger partial charge in [0.15, 0.2) is 16.7 Å². The van der Waals surface area contributed by atoms with Crippen LogP contribution in [-0.2, 0) is 9.59 Å². The van der Waals surface area contributed by atoms with E-state index in [1.54, 1.807) is 7.11 Å². The molecule has 4 rings (SSSR count). The van der Waals surface area contributed by atoms with Gasteiger partial charge in [-0.1, -0.05) is 12.1 Å². The highest BCUT2D eigenvalue weighted by Gasteiger charge is 2.30. The van der Waals surface area contributed by atoms with E-state index in [1.165, 1.54) is 11.8 Å². The van der Waals surface area contributed by atoms with Crippen LogP contribution in [0.1, 0.15) is 18.4 Å². The number of hydrogen-bond acceptors (Lipinski definition) is 6. The molecule has 3 heterocycles. The summed E-state index contributed by atoms with van der Waals surface area (Å²) in [5.41, 5.74) is 7.21. The fourth-order valence-corrected chi connectivity index (χ4v) is 4.48. The summed E-state index contributed by atoms with van der Waals surface area (Å²) in [6, 6.07) is 5.71. The molecule has 0 aromatic heterocycles. The molecule has 0 unspecified atom stereocenters. The summed E-state index contributed by atoms with van der Waals surface area (Å²) in [4.78, 5) is 30.5. The van der Waals surface area contributed by atoms with Crippen molar-refractivity contribution in [1.82, 2.24) is 4.90 Å². The van der Waals surface area contributed by atoms with Gasteiger partial charge in [-0.2, -0.15) is 4.99 Å². The highest BCUT2D eigenvalue weighted by Crippen LogP contribution is 2.37. The molecule has 2 N–H and O–H groups in total. The van der Waals surface area contributed by atoms with Crippen molar-refractivity contribution < 1.29 is 19.1 Å². The molecule has 146 valence electrons. The molecule has 2 amide bonds. The summed E-state index contributed by atoms with van der Waals surface area (Å²) >= 11 is 1.37. The van der Waals surface area contributed by atoms with Gasteiger partial charge in [-0.3, -0.25) is 9.59 Å². The number of para-hydroxylation sites is 1. The van der Waals surface area contributed by atoms with E-state index in [1.807, 2.05) is 30.4 Å². The molecule has 1 aromatic rings. The van der Waals surface area contributed by atoms with Crippen LogP contribution in [0.15, 0.2) is 39.7 Å². The van der Waals surface area contributed by atoms with Gasteiger partial charge in [0.05, 0.1) is 12.0 Å². The zero-order chi connectivity index (χ0) is 19.7. The minimum Gasteiger partial charge on any atom is -0.493 e. The van der Waals surface area contributed by atoms with Crippen molar-refractivity contribution in [2.24, 2.45) is 16.6 Å². The monoisotopic (exact) mass is 399 g/mol. The van der Waals surface area contributed by atoms with Crippen LogP contribution < -0.4 is 15.2 Å². The third-order valence-electron chi connectivity index (χ3n) is 5.05. The molecule has 3 aliphatic rings. The fraction of sp³-hybridized carbons (Fsp3) is 0.350. The molecular formula is C20H21N3O4S. The highest BCUT2D eigenvalue weighted by atomic mass is 32.2. The van der Waals surface area contributed by atoms with Gasteiger partial charge in [-0.15, -0.1) is 0 Å². The number of rotatable bonds is 3. The van der Waals surface area contributed by atoms with E-state index >= 15 is 0 Å². The maximum Gasteiger partial charge on any atom is 0.286 e. The summed E-state index contributed by atoms with van der Waals surface area (Å²) in [7, 11) is 1.61. The number of nitrogens with zero attached hydrogens (tertiary/aromatic N) is 2. The summed E-state index contributed by atoms with van der Waals surface area (Å²) < 4.78 is 11.2. The quantitative estimate of drug-likeness (QED) is 0.783. The molecule has 7 nitrogen and oxygen atoms in total. The molecule has 28 heavy (non-hydrogen) atoms. The highest BCUT2D eigenvalue weighted by molar-refractivity contribution is 8.18. The van der Waals surface area contributed by atoms with Crippen molar-refractivity contribution in [2.45, 2.75) is 12.8 Å². The Labute approximate surface area is 167 Å². The van der Waals surface area contributed by atoms with Gasteiger partial charge in [-0.05, 0) is 48.4 Å². The maximum absolute atomic E-state index is 12.4. The van der Waals surface area contributed by atoms with Crippen LogP contribution >= 0.6 is 11.8 Å². The number of fused-ring (bicyclic) bond motifs is 1. The van der Waals surface area contributed by atoms with E-state index in [-0.39, 0.29) is 17.7 Å². The number of nitrogens with two attached hydrogens (primary N) is 1. The lowest BCUT2D eigenvalue weighted by atomic mass is 9.97. The lowest BCUT2D eigenvalue weighted by molar-refractivity contribution is -0.123. The van der Waals surface area contributed by atoms with Crippen molar-refractivity contribution in [3.8, 4) is 11.5 Å². The first kappa shape index (κ1) is 18.6. The van der Waals surface area contributed by atoms with Crippen molar-refractivity contribution >= 4 is 34.8 Å². The zero-order valence-electron chi connectivity index (χ0n) is 15.5. The lowest BCUT2D eigenvalue weighted by Crippen LogP contribution is -2.40. The first-order valence-electron chi connectivity index (χ1n) is 9.12. The normalized spacial score (nSPS) is 21.1. The Balaban J connectivity index is 1.46. The van der Waals surface area contributed by atoms with Crippen molar-refractivity contribution in [3.63, 3.8) is 0 Å². The second kappa shape index (κ2) is 7.71. The molecule has 8 heteroatoms.